The van der Waals surface area contributed by atoms with E-state index in [9.17, 15) is 24.3 Å². The van der Waals surface area contributed by atoms with Crippen molar-refractivity contribution < 1.29 is 34.5 Å². The molecule has 9 N–H and O–H groups in total. The summed E-state index contributed by atoms with van der Waals surface area (Å²) >= 11 is 0. The predicted molar refractivity (Wildman–Crippen MR) is 92.2 cm³/mol. The van der Waals surface area contributed by atoms with Crippen molar-refractivity contribution in [2.45, 2.75) is 31.0 Å². The van der Waals surface area contributed by atoms with Crippen molar-refractivity contribution in [3.05, 3.63) is 29.8 Å². The molecule has 0 fully saturated rings. The molecule has 0 bridgehead atoms. The Morgan fingerprint density at radius 3 is 2.04 bits per heavy atom. The maximum atomic E-state index is 12.5. The molecule has 0 saturated heterocycles. The van der Waals surface area contributed by atoms with Gasteiger partial charge in [-0.3, -0.25) is 14.4 Å². The number of phenolic OH excluding ortho intramolecular Hbond substituents is 1. The molecule has 3 atom stereocenters. The van der Waals surface area contributed by atoms with Gasteiger partial charge in [-0.25, -0.2) is 4.79 Å². The van der Waals surface area contributed by atoms with Gasteiger partial charge in [0.1, 0.15) is 23.9 Å². The van der Waals surface area contributed by atoms with Crippen LogP contribution in [-0.2, 0) is 25.6 Å². The zero-order valence-electron chi connectivity index (χ0n) is 14.3. The lowest BCUT2D eigenvalue weighted by Crippen LogP contribution is -2.56. The maximum absolute atomic E-state index is 12.5. The lowest BCUT2D eigenvalue weighted by molar-refractivity contribution is -0.143. The lowest BCUT2D eigenvalue weighted by Gasteiger charge is -2.22. The number of amides is 3. The average Bonchev–Trinajstić information content (AvgIpc) is 2.60. The fourth-order valence-corrected chi connectivity index (χ4v) is 2.11. The molecule has 148 valence electrons. The number of rotatable bonds is 10. The predicted octanol–water partition coefficient (Wildman–Crippen LogP) is -2.82. The molecule has 3 unspecified atom stereocenters. The number of carboxylic acid groups (broad SMARTS) is 1. The van der Waals surface area contributed by atoms with Crippen molar-refractivity contribution in [1.82, 2.24) is 10.6 Å². The van der Waals surface area contributed by atoms with Crippen LogP contribution in [0.5, 0.6) is 5.75 Å². The number of aromatic hydroxyl groups is 1. The number of benzene rings is 1. The molecule has 0 aliphatic heterocycles. The van der Waals surface area contributed by atoms with E-state index >= 15 is 0 Å². The molecular weight excluding hydrogens is 360 g/mol. The molecule has 0 aliphatic carbocycles. The van der Waals surface area contributed by atoms with Crippen LogP contribution in [0.15, 0.2) is 24.3 Å². The Hall–Kier alpha value is -3.18. The first-order chi connectivity index (χ1) is 12.6. The molecule has 1 aromatic carbocycles. The van der Waals surface area contributed by atoms with Gasteiger partial charge in [0.05, 0.1) is 13.0 Å². The number of hydrogen-bond donors (Lipinski definition) is 7. The van der Waals surface area contributed by atoms with Crippen LogP contribution in [-0.4, -0.2) is 63.7 Å². The number of aliphatic carboxylic acids is 1. The zero-order valence-corrected chi connectivity index (χ0v) is 14.3. The van der Waals surface area contributed by atoms with Gasteiger partial charge in [0, 0.05) is 6.42 Å². The summed E-state index contributed by atoms with van der Waals surface area (Å²) in [6.07, 6.45) is -0.685. The second kappa shape index (κ2) is 10.1. The van der Waals surface area contributed by atoms with E-state index in [1.165, 1.54) is 24.3 Å². The van der Waals surface area contributed by atoms with E-state index in [2.05, 4.69) is 10.6 Å². The first-order valence-corrected chi connectivity index (χ1v) is 7.90. The molecule has 27 heavy (non-hydrogen) atoms. The van der Waals surface area contributed by atoms with Gasteiger partial charge in [0.2, 0.25) is 17.7 Å². The summed E-state index contributed by atoms with van der Waals surface area (Å²) < 4.78 is 0. The number of hydrogen-bond acceptors (Lipinski definition) is 7. The summed E-state index contributed by atoms with van der Waals surface area (Å²) in [6.45, 7) is -0.654. The fraction of sp³-hybridized carbons (Fsp3) is 0.375. The van der Waals surface area contributed by atoms with Crippen molar-refractivity contribution in [2.24, 2.45) is 11.5 Å². The Morgan fingerprint density at radius 1 is 1.00 bits per heavy atom. The Labute approximate surface area is 154 Å². The van der Waals surface area contributed by atoms with E-state index in [4.69, 9.17) is 21.7 Å². The third kappa shape index (κ3) is 7.30. The van der Waals surface area contributed by atoms with Gasteiger partial charge in [0.15, 0.2) is 0 Å². The maximum Gasteiger partial charge on any atom is 0.326 e. The second-order valence-electron chi connectivity index (χ2n) is 5.79. The van der Waals surface area contributed by atoms with Crippen molar-refractivity contribution in [1.29, 1.82) is 0 Å². The monoisotopic (exact) mass is 382 g/mol. The highest BCUT2D eigenvalue weighted by Crippen LogP contribution is 2.12. The van der Waals surface area contributed by atoms with Crippen molar-refractivity contribution in [2.75, 3.05) is 6.61 Å². The summed E-state index contributed by atoms with van der Waals surface area (Å²) in [4.78, 5) is 46.5. The van der Waals surface area contributed by atoms with Crippen LogP contribution in [0.4, 0.5) is 0 Å². The molecule has 3 amide bonds. The van der Waals surface area contributed by atoms with Gasteiger partial charge in [0.25, 0.3) is 0 Å². The van der Waals surface area contributed by atoms with Gasteiger partial charge >= 0.3 is 5.97 Å². The normalized spacial score (nSPS) is 13.9. The Kier molecular flexibility index (Phi) is 8.17. The van der Waals surface area contributed by atoms with Crippen LogP contribution in [0, 0.1) is 0 Å². The third-order valence-electron chi connectivity index (χ3n) is 3.56. The summed E-state index contributed by atoms with van der Waals surface area (Å²) in [5.74, 6) is -4.10. The Balaban J connectivity index is 2.97. The van der Waals surface area contributed by atoms with Gasteiger partial charge in [-0.15, -0.1) is 0 Å². The smallest absolute Gasteiger partial charge is 0.326 e. The molecule has 0 aromatic heterocycles. The highest BCUT2D eigenvalue weighted by Gasteiger charge is 2.29. The minimum atomic E-state index is -1.57. The van der Waals surface area contributed by atoms with E-state index in [1.807, 2.05) is 0 Å². The van der Waals surface area contributed by atoms with Gasteiger partial charge < -0.3 is 37.4 Å². The summed E-state index contributed by atoms with van der Waals surface area (Å²) in [7, 11) is 0. The van der Waals surface area contributed by atoms with Crippen LogP contribution in [0.25, 0.3) is 0 Å². The quantitative estimate of drug-likeness (QED) is 0.224. The van der Waals surface area contributed by atoms with E-state index in [-0.39, 0.29) is 12.2 Å². The number of carbonyl (C=O) groups is 4. The van der Waals surface area contributed by atoms with E-state index in [0.29, 0.717) is 5.56 Å². The Bertz CT molecular complexity index is 693. The summed E-state index contributed by atoms with van der Waals surface area (Å²) in [5, 5.41) is 31.8. The zero-order chi connectivity index (χ0) is 20.6. The molecule has 0 aliphatic rings. The molecule has 0 heterocycles. The van der Waals surface area contributed by atoms with Gasteiger partial charge in [-0.05, 0) is 17.7 Å². The number of carbonyl (C=O) groups excluding carboxylic acids is 3. The fourth-order valence-electron chi connectivity index (χ4n) is 2.11. The van der Waals surface area contributed by atoms with Crippen LogP contribution >= 0.6 is 0 Å². The SMILES string of the molecule is NC(=O)CC(NC(=O)C(Cc1ccc(O)cc1)NC(=O)C(N)CO)C(=O)O. The topological polar surface area (TPSA) is 205 Å². The number of aliphatic hydroxyl groups excluding tert-OH is 1. The largest absolute Gasteiger partial charge is 0.508 e. The van der Waals surface area contributed by atoms with Crippen LogP contribution < -0.4 is 22.1 Å². The number of aliphatic hydroxyl groups is 1. The standard InChI is InChI=1S/C16H22N4O7/c17-10(7-21)14(24)19-11(5-8-1-3-9(22)4-2-8)15(25)20-12(16(26)27)6-13(18)23/h1-4,10-12,21-22H,5-7,17H2,(H2,18,23)(H,19,24)(H,20,25)(H,26,27). The van der Waals surface area contributed by atoms with Gasteiger partial charge in [-0.2, -0.15) is 0 Å². The summed E-state index contributed by atoms with van der Waals surface area (Å²) in [6, 6.07) is 1.67. The third-order valence-corrected chi connectivity index (χ3v) is 3.56. The van der Waals surface area contributed by atoms with Crippen LogP contribution in [0.2, 0.25) is 0 Å². The lowest BCUT2D eigenvalue weighted by atomic mass is 10.0. The first-order valence-electron chi connectivity index (χ1n) is 7.90. The molecule has 0 radical (unpaired) electrons. The molecule has 1 rings (SSSR count). The number of carboxylic acids is 1. The van der Waals surface area contributed by atoms with Crippen molar-refractivity contribution in [3.63, 3.8) is 0 Å². The van der Waals surface area contributed by atoms with E-state index < -0.39 is 54.8 Å². The number of nitrogens with two attached hydrogens (primary N) is 2. The first kappa shape index (κ1) is 21.9. The van der Waals surface area contributed by atoms with Crippen molar-refractivity contribution >= 4 is 23.7 Å². The molecule has 1 aromatic rings. The minimum absolute atomic E-state index is 0.00140. The Morgan fingerprint density at radius 2 is 1.56 bits per heavy atom. The van der Waals surface area contributed by atoms with E-state index in [0.717, 1.165) is 0 Å². The average molecular weight is 382 g/mol. The molecule has 11 heteroatoms. The van der Waals surface area contributed by atoms with E-state index in [1.54, 1.807) is 0 Å². The highest BCUT2D eigenvalue weighted by molar-refractivity contribution is 5.93. The molecule has 0 spiro atoms. The molecular formula is C16H22N4O7. The second-order valence-corrected chi connectivity index (χ2v) is 5.79. The summed E-state index contributed by atoms with van der Waals surface area (Å²) in [5.41, 5.74) is 10.9. The molecule has 0 saturated carbocycles. The highest BCUT2D eigenvalue weighted by atomic mass is 16.4. The number of primary amides is 1. The van der Waals surface area contributed by atoms with Gasteiger partial charge in [-0.1, -0.05) is 12.1 Å². The molecule has 11 nitrogen and oxygen atoms in total. The van der Waals surface area contributed by atoms with Crippen LogP contribution in [0.3, 0.4) is 0 Å². The van der Waals surface area contributed by atoms with Crippen molar-refractivity contribution in [3.8, 4) is 5.75 Å². The number of nitrogens with one attached hydrogen (secondary N) is 2. The minimum Gasteiger partial charge on any atom is -0.508 e. The number of phenols is 1. The van der Waals surface area contributed by atoms with Crippen LogP contribution in [0.1, 0.15) is 12.0 Å².